The summed E-state index contributed by atoms with van der Waals surface area (Å²) in [5, 5.41) is 3.29. The molecule has 0 radical (unpaired) electrons. The van der Waals surface area contributed by atoms with E-state index in [1.807, 2.05) is 0 Å². The van der Waals surface area contributed by atoms with E-state index in [0.29, 0.717) is 29.4 Å². The molecule has 1 aliphatic rings. The van der Waals surface area contributed by atoms with Gasteiger partial charge in [0.2, 0.25) is 11.8 Å². The van der Waals surface area contributed by atoms with E-state index in [1.54, 1.807) is 41.3 Å². The van der Waals surface area contributed by atoms with Crippen LogP contribution in [0.25, 0.3) is 0 Å². The van der Waals surface area contributed by atoms with Crippen molar-refractivity contribution in [2.45, 2.75) is 0 Å². The van der Waals surface area contributed by atoms with Crippen LogP contribution in [0.1, 0.15) is 10.4 Å². The Morgan fingerprint density at radius 3 is 2.31 bits per heavy atom. The summed E-state index contributed by atoms with van der Waals surface area (Å²) in [5.74, 6) is -0.851. The van der Waals surface area contributed by atoms with Gasteiger partial charge in [0.1, 0.15) is 6.54 Å². The maximum atomic E-state index is 12.5. The molecule has 0 spiro atoms. The standard InChI is InChI=1S/C18H17ClN4O3/c19-13-3-7-15(8-4-13)23-10-9-22(18(23)26)11-16(24)21-14-5-1-12(2-6-14)17(20)25/h1-8H,9-11H2,(H2,20,25)(H,21,24). The Bertz CT molecular complexity index is 837. The van der Waals surface area contributed by atoms with E-state index in [9.17, 15) is 14.4 Å². The third kappa shape index (κ3) is 3.94. The molecule has 0 aliphatic carbocycles. The highest BCUT2D eigenvalue weighted by molar-refractivity contribution is 6.30. The van der Waals surface area contributed by atoms with Gasteiger partial charge >= 0.3 is 6.03 Å². The van der Waals surface area contributed by atoms with Crippen LogP contribution in [0.15, 0.2) is 48.5 Å². The van der Waals surface area contributed by atoms with Crippen LogP contribution in [0.5, 0.6) is 0 Å². The summed E-state index contributed by atoms with van der Waals surface area (Å²) in [5.41, 5.74) is 6.80. The molecule has 1 aliphatic heterocycles. The van der Waals surface area contributed by atoms with E-state index in [-0.39, 0.29) is 18.5 Å². The number of anilines is 2. The van der Waals surface area contributed by atoms with Crippen LogP contribution in [0.4, 0.5) is 16.2 Å². The topological polar surface area (TPSA) is 95.7 Å². The zero-order valence-electron chi connectivity index (χ0n) is 13.8. The minimum atomic E-state index is -0.534. The lowest BCUT2D eigenvalue weighted by molar-refractivity contribution is -0.116. The fraction of sp³-hybridized carbons (Fsp3) is 0.167. The summed E-state index contributed by atoms with van der Waals surface area (Å²) >= 11 is 5.86. The first kappa shape index (κ1) is 17.8. The van der Waals surface area contributed by atoms with E-state index in [4.69, 9.17) is 17.3 Å². The SMILES string of the molecule is NC(=O)c1ccc(NC(=O)CN2CCN(c3ccc(Cl)cc3)C2=O)cc1. The summed E-state index contributed by atoms with van der Waals surface area (Å²) in [6.07, 6.45) is 0. The molecular formula is C18H17ClN4O3. The number of nitrogens with one attached hydrogen (secondary N) is 1. The Kier molecular flexibility index (Phi) is 5.09. The van der Waals surface area contributed by atoms with Crippen molar-refractivity contribution in [3.05, 3.63) is 59.1 Å². The van der Waals surface area contributed by atoms with Gasteiger partial charge in [0.25, 0.3) is 0 Å². The first-order valence-corrected chi connectivity index (χ1v) is 8.33. The number of rotatable bonds is 5. The molecule has 134 valence electrons. The first-order valence-electron chi connectivity index (χ1n) is 7.96. The largest absolute Gasteiger partial charge is 0.366 e. The number of urea groups is 1. The van der Waals surface area contributed by atoms with Crippen LogP contribution < -0.4 is 16.0 Å². The molecule has 3 N–H and O–H groups in total. The number of nitrogens with two attached hydrogens (primary N) is 1. The molecule has 1 heterocycles. The Morgan fingerprint density at radius 2 is 1.69 bits per heavy atom. The predicted molar refractivity (Wildman–Crippen MR) is 99.4 cm³/mol. The van der Waals surface area contributed by atoms with Crippen LogP contribution in [0.2, 0.25) is 5.02 Å². The molecule has 26 heavy (non-hydrogen) atoms. The fourth-order valence-corrected chi connectivity index (χ4v) is 2.81. The van der Waals surface area contributed by atoms with E-state index < -0.39 is 5.91 Å². The molecule has 0 atom stereocenters. The number of amides is 4. The fourth-order valence-electron chi connectivity index (χ4n) is 2.68. The van der Waals surface area contributed by atoms with Crippen LogP contribution in [-0.4, -0.2) is 42.4 Å². The number of benzene rings is 2. The van der Waals surface area contributed by atoms with Gasteiger partial charge in [0.05, 0.1) is 0 Å². The molecule has 2 aromatic rings. The van der Waals surface area contributed by atoms with E-state index in [2.05, 4.69) is 5.32 Å². The molecule has 7 nitrogen and oxygen atoms in total. The van der Waals surface area contributed by atoms with Crippen LogP contribution in [0, 0.1) is 0 Å². The summed E-state index contributed by atoms with van der Waals surface area (Å²) < 4.78 is 0. The van der Waals surface area contributed by atoms with Crippen LogP contribution in [0.3, 0.4) is 0 Å². The number of halogens is 1. The number of hydrogen-bond donors (Lipinski definition) is 2. The lowest BCUT2D eigenvalue weighted by atomic mass is 10.2. The predicted octanol–water partition coefficient (Wildman–Crippen LogP) is 2.32. The molecule has 1 saturated heterocycles. The molecule has 0 saturated carbocycles. The van der Waals surface area contributed by atoms with Gasteiger partial charge in [-0.1, -0.05) is 11.6 Å². The molecule has 8 heteroatoms. The second kappa shape index (κ2) is 7.45. The lowest BCUT2D eigenvalue weighted by Gasteiger charge is -2.18. The number of hydrogen-bond acceptors (Lipinski definition) is 3. The molecule has 0 aromatic heterocycles. The molecule has 3 rings (SSSR count). The molecule has 0 bridgehead atoms. The second-order valence-electron chi connectivity index (χ2n) is 5.82. The minimum Gasteiger partial charge on any atom is -0.366 e. The zero-order valence-corrected chi connectivity index (χ0v) is 14.6. The summed E-state index contributed by atoms with van der Waals surface area (Å²) in [6.45, 7) is 0.900. The van der Waals surface area contributed by atoms with Gasteiger partial charge in [0, 0.05) is 35.1 Å². The summed E-state index contributed by atoms with van der Waals surface area (Å²) in [4.78, 5) is 38.8. The average Bonchev–Trinajstić information content (AvgIpc) is 2.97. The maximum Gasteiger partial charge on any atom is 0.325 e. The quantitative estimate of drug-likeness (QED) is 0.843. The van der Waals surface area contributed by atoms with Gasteiger partial charge in [-0.3, -0.25) is 14.5 Å². The Balaban J connectivity index is 1.58. The van der Waals surface area contributed by atoms with Crippen molar-refractivity contribution in [3.8, 4) is 0 Å². The molecule has 2 aromatic carbocycles. The molecular weight excluding hydrogens is 356 g/mol. The summed E-state index contributed by atoms with van der Waals surface area (Å²) in [6, 6.07) is 13.0. The van der Waals surface area contributed by atoms with Crippen molar-refractivity contribution in [1.82, 2.24) is 4.90 Å². The third-order valence-corrected chi connectivity index (χ3v) is 4.27. The number of carbonyl (C=O) groups is 3. The van der Waals surface area contributed by atoms with Gasteiger partial charge in [-0.25, -0.2) is 4.79 Å². The van der Waals surface area contributed by atoms with Crippen molar-refractivity contribution in [1.29, 1.82) is 0 Å². The Morgan fingerprint density at radius 1 is 1.04 bits per heavy atom. The second-order valence-corrected chi connectivity index (χ2v) is 6.26. The van der Waals surface area contributed by atoms with Crippen LogP contribution >= 0.6 is 11.6 Å². The van der Waals surface area contributed by atoms with E-state index in [1.165, 1.54) is 17.0 Å². The number of carbonyl (C=O) groups excluding carboxylic acids is 3. The maximum absolute atomic E-state index is 12.5. The lowest BCUT2D eigenvalue weighted by Crippen LogP contribution is -2.37. The van der Waals surface area contributed by atoms with Gasteiger partial charge in [0.15, 0.2) is 0 Å². The van der Waals surface area contributed by atoms with E-state index in [0.717, 1.165) is 5.69 Å². The number of primary amides is 1. The van der Waals surface area contributed by atoms with Crippen LogP contribution in [-0.2, 0) is 4.79 Å². The highest BCUT2D eigenvalue weighted by Crippen LogP contribution is 2.22. The highest BCUT2D eigenvalue weighted by atomic mass is 35.5. The highest BCUT2D eigenvalue weighted by Gasteiger charge is 2.30. The van der Waals surface area contributed by atoms with Gasteiger partial charge < -0.3 is 16.0 Å². The van der Waals surface area contributed by atoms with Crippen molar-refractivity contribution < 1.29 is 14.4 Å². The van der Waals surface area contributed by atoms with Crippen molar-refractivity contribution in [3.63, 3.8) is 0 Å². The van der Waals surface area contributed by atoms with Gasteiger partial charge in [-0.05, 0) is 48.5 Å². The van der Waals surface area contributed by atoms with Crippen molar-refractivity contribution in [2.75, 3.05) is 29.9 Å². The minimum absolute atomic E-state index is 0.0551. The smallest absolute Gasteiger partial charge is 0.325 e. The molecule has 4 amide bonds. The van der Waals surface area contributed by atoms with Crippen molar-refractivity contribution >= 4 is 40.8 Å². The van der Waals surface area contributed by atoms with Gasteiger partial charge in [-0.2, -0.15) is 0 Å². The number of nitrogens with zero attached hydrogens (tertiary/aromatic N) is 2. The Labute approximate surface area is 155 Å². The monoisotopic (exact) mass is 372 g/mol. The van der Waals surface area contributed by atoms with Gasteiger partial charge in [-0.15, -0.1) is 0 Å². The molecule has 0 unspecified atom stereocenters. The first-order chi connectivity index (χ1) is 12.4. The molecule has 1 fully saturated rings. The summed E-state index contributed by atoms with van der Waals surface area (Å²) in [7, 11) is 0. The average molecular weight is 373 g/mol. The zero-order chi connectivity index (χ0) is 18.7. The Hall–Kier alpha value is -3.06. The van der Waals surface area contributed by atoms with Crippen molar-refractivity contribution in [2.24, 2.45) is 5.73 Å². The normalized spacial score (nSPS) is 13.8. The third-order valence-electron chi connectivity index (χ3n) is 4.02. The van der Waals surface area contributed by atoms with E-state index >= 15 is 0 Å².